The normalized spacial score (nSPS) is 21.4. The molecule has 3 nitrogen and oxygen atoms in total. The van der Waals surface area contributed by atoms with Crippen molar-refractivity contribution in [3.63, 3.8) is 0 Å². The number of nitrogens with one attached hydrogen (secondary N) is 1. The predicted octanol–water partition coefficient (Wildman–Crippen LogP) is 3.05. The molecule has 1 aromatic rings. The monoisotopic (exact) mass is 353 g/mol. The lowest BCUT2D eigenvalue weighted by Gasteiger charge is -2.10. The van der Waals surface area contributed by atoms with E-state index in [4.69, 9.17) is 0 Å². The van der Waals surface area contributed by atoms with Crippen LogP contribution in [0, 0.1) is 23.0 Å². The molecular formula is C12H14BrF2NO2S. The third-order valence-corrected chi connectivity index (χ3v) is 5.86. The Morgan fingerprint density at radius 2 is 2.00 bits per heavy atom. The van der Waals surface area contributed by atoms with E-state index in [-0.39, 0.29) is 22.4 Å². The summed E-state index contributed by atoms with van der Waals surface area (Å²) in [4.78, 5) is -0.549. The van der Waals surface area contributed by atoms with Crippen molar-refractivity contribution >= 4 is 26.0 Å². The highest BCUT2D eigenvalue weighted by Crippen LogP contribution is 2.51. The van der Waals surface area contributed by atoms with E-state index in [1.807, 2.05) is 13.8 Å². The molecule has 0 heterocycles. The second-order valence-electron chi connectivity index (χ2n) is 5.44. The first-order valence-corrected chi connectivity index (χ1v) is 8.05. The first-order chi connectivity index (χ1) is 8.63. The van der Waals surface area contributed by atoms with Crippen LogP contribution in [0.2, 0.25) is 0 Å². The van der Waals surface area contributed by atoms with Crippen LogP contribution in [0.1, 0.15) is 20.3 Å². The van der Waals surface area contributed by atoms with Crippen LogP contribution in [0.25, 0.3) is 0 Å². The molecule has 7 heteroatoms. The summed E-state index contributed by atoms with van der Waals surface area (Å²) in [7, 11) is -3.98. The van der Waals surface area contributed by atoms with Gasteiger partial charge in [0.2, 0.25) is 10.0 Å². The zero-order valence-corrected chi connectivity index (χ0v) is 12.9. The Morgan fingerprint density at radius 1 is 1.42 bits per heavy atom. The number of halogens is 3. The summed E-state index contributed by atoms with van der Waals surface area (Å²) in [6.07, 6.45) is 0.933. The van der Waals surface area contributed by atoms with Gasteiger partial charge in [-0.3, -0.25) is 0 Å². The van der Waals surface area contributed by atoms with Gasteiger partial charge in [0.25, 0.3) is 0 Å². The van der Waals surface area contributed by atoms with Crippen molar-refractivity contribution in [3.05, 3.63) is 28.2 Å². The molecule has 0 amide bonds. The molecule has 106 valence electrons. The van der Waals surface area contributed by atoms with Gasteiger partial charge in [0.15, 0.2) is 0 Å². The largest absolute Gasteiger partial charge is 0.244 e. The molecule has 1 aliphatic rings. The Hall–Kier alpha value is -0.530. The third kappa shape index (κ3) is 3.14. The number of hydrogen-bond acceptors (Lipinski definition) is 2. The third-order valence-electron chi connectivity index (χ3n) is 3.47. The molecule has 1 aliphatic carbocycles. The van der Waals surface area contributed by atoms with Gasteiger partial charge in [-0.2, -0.15) is 0 Å². The van der Waals surface area contributed by atoms with Crippen LogP contribution in [0.3, 0.4) is 0 Å². The molecule has 0 aliphatic heterocycles. The fraction of sp³-hybridized carbons (Fsp3) is 0.500. The van der Waals surface area contributed by atoms with E-state index in [0.717, 1.165) is 12.5 Å². The molecule has 1 saturated carbocycles. The Bertz CT molecular complexity index is 593. The zero-order valence-electron chi connectivity index (χ0n) is 10.5. The first kappa shape index (κ1) is 14.9. The van der Waals surface area contributed by atoms with Gasteiger partial charge in [-0.25, -0.2) is 21.9 Å². The second-order valence-corrected chi connectivity index (χ2v) is 8.00. The van der Waals surface area contributed by atoms with E-state index in [1.165, 1.54) is 0 Å². The average molecular weight is 354 g/mol. The molecule has 0 saturated heterocycles. The van der Waals surface area contributed by atoms with Gasteiger partial charge in [0.1, 0.15) is 16.5 Å². The maximum Gasteiger partial charge on any atom is 0.244 e. The summed E-state index contributed by atoms with van der Waals surface area (Å²) in [5.74, 6) is -1.68. The van der Waals surface area contributed by atoms with Gasteiger partial charge in [-0.1, -0.05) is 13.8 Å². The van der Waals surface area contributed by atoms with E-state index in [1.54, 1.807) is 0 Å². The molecule has 19 heavy (non-hydrogen) atoms. The topological polar surface area (TPSA) is 46.2 Å². The molecule has 0 bridgehead atoms. The van der Waals surface area contributed by atoms with Crippen molar-refractivity contribution in [2.24, 2.45) is 11.3 Å². The Kier molecular flexibility index (Phi) is 3.75. The standard InChI is InChI=1S/C12H14BrF2NO2S/c1-12(2)5-7(12)6-16-19(17,18)11-9(13)3-8(14)4-10(11)15/h3-4,7,16H,5-6H2,1-2H3. The van der Waals surface area contributed by atoms with Crippen molar-refractivity contribution in [2.45, 2.75) is 25.2 Å². The van der Waals surface area contributed by atoms with Crippen LogP contribution < -0.4 is 4.72 Å². The number of sulfonamides is 1. The average Bonchev–Trinajstić information content (AvgIpc) is 2.81. The van der Waals surface area contributed by atoms with Crippen molar-refractivity contribution in [1.29, 1.82) is 0 Å². The maximum atomic E-state index is 13.6. The predicted molar refractivity (Wildman–Crippen MR) is 71.1 cm³/mol. The van der Waals surface area contributed by atoms with Gasteiger partial charge in [0, 0.05) is 17.1 Å². The Balaban J connectivity index is 2.20. The lowest BCUT2D eigenvalue weighted by molar-refractivity contribution is 0.525. The zero-order chi connectivity index (χ0) is 14.4. The molecule has 2 rings (SSSR count). The van der Waals surface area contributed by atoms with Crippen LogP contribution in [0.15, 0.2) is 21.5 Å². The Morgan fingerprint density at radius 3 is 2.47 bits per heavy atom. The first-order valence-electron chi connectivity index (χ1n) is 5.78. The van der Waals surface area contributed by atoms with Gasteiger partial charge >= 0.3 is 0 Å². The molecule has 1 atom stereocenters. The molecule has 1 aromatic carbocycles. The van der Waals surface area contributed by atoms with Crippen LogP contribution in [0.4, 0.5) is 8.78 Å². The summed E-state index contributed by atoms with van der Waals surface area (Å²) >= 11 is 2.88. The molecular weight excluding hydrogens is 340 g/mol. The summed E-state index contributed by atoms with van der Waals surface area (Å²) < 4.78 is 52.9. The van der Waals surface area contributed by atoms with E-state index in [9.17, 15) is 17.2 Å². The van der Waals surface area contributed by atoms with Crippen molar-refractivity contribution in [2.75, 3.05) is 6.54 Å². The summed E-state index contributed by atoms with van der Waals surface area (Å²) in [5.41, 5.74) is 0.126. The molecule has 1 fully saturated rings. The SMILES string of the molecule is CC1(C)CC1CNS(=O)(=O)c1c(F)cc(F)cc1Br. The minimum Gasteiger partial charge on any atom is -0.211 e. The number of benzene rings is 1. The van der Waals surface area contributed by atoms with Crippen LogP contribution in [-0.2, 0) is 10.0 Å². The fourth-order valence-electron chi connectivity index (χ4n) is 1.99. The lowest BCUT2D eigenvalue weighted by Crippen LogP contribution is -2.28. The highest BCUT2D eigenvalue weighted by atomic mass is 79.9. The molecule has 1 unspecified atom stereocenters. The van der Waals surface area contributed by atoms with Crippen LogP contribution >= 0.6 is 15.9 Å². The van der Waals surface area contributed by atoms with E-state index in [0.29, 0.717) is 6.07 Å². The summed E-state index contributed by atoms with van der Waals surface area (Å²) in [6.45, 7) is 4.35. The summed E-state index contributed by atoms with van der Waals surface area (Å²) in [5, 5.41) is 0. The second kappa shape index (κ2) is 4.79. The highest BCUT2D eigenvalue weighted by Gasteiger charge is 2.45. The molecule has 0 aromatic heterocycles. The highest BCUT2D eigenvalue weighted by molar-refractivity contribution is 9.10. The minimum atomic E-state index is -3.98. The van der Waals surface area contributed by atoms with Crippen molar-refractivity contribution < 1.29 is 17.2 Å². The van der Waals surface area contributed by atoms with Crippen LogP contribution in [0.5, 0.6) is 0 Å². The van der Waals surface area contributed by atoms with Crippen molar-refractivity contribution in [1.82, 2.24) is 4.72 Å². The van der Waals surface area contributed by atoms with Gasteiger partial charge in [0.05, 0.1) is 0 Å². The van der Waals surface area contributed by atoms with E-state index in [2.05, 4.69) is 20.7 Å². The molecule has 0 spiro atoms. The van der Waals surface area contributed by atoms with Gasteiger partial charge in [-0.15, -0.1) is 0 Å². The Labute approximate surface area is 119 Å². The van der Waals surface area contributed by atoms with Crippen molar-refractivity contribution in [3.8, 4) is 0 Å². The fourth-order valence-corrected chi connectivity index (χ4v) is 4.24. The molecule has 1 N–H and O–H groups in total. The minimum absolute atomic E-state index is 0.118. The molecule has 0 radical (unpaired) electrons. The number of rotatable bonds is 4. The van der Waals surface area contributed by atoms with Gasteiger partial charge < -0.3 is 0 Å². The smallest absolute Gasteiger partial charge is 0.211 e. The van der Waals surface area contributed by atoms with Gasteiger partial charge in [-0.05, 0) is 39.8 Å². The quantitative estimate of drug-likeness (QED) is 0.904. The van der Waals surface area contributed by atoms with Crippen LogP contribution in [-0.4, -0.2) is 15.0 Å². The maximum absolute atomic E-state index is 13.6. The van der Waals surface area contributed by atoms with E-state index >= 15 is 0 Å². The van der Waals surface area contributed by atoms with E-state index < -0.39 is 26.6 Å². The number of hydrogen-bond donors (Lipinski definition) is 1. The lowest BCUT2D eigenvalue weighted by atomic mass is 10.1. The summed E-state index contributed by atoms with van der Waals surface area (Å²) in [6, 6.07) is 1.49.